The Balaban J connectivity index is 1.67. The van der Waals surface area contributed by atoms with Gasteiger partial charge in [0.2, 0.25) is 15.9 Å². The van der Waals surface area contributed by atoms with Gasteiger partial charge in [-0.25, -0.2) is 13.4 Å². The first-order valence-corrected chi connectivity index (χ1v) is 11.8. The van der Waals surface area contributed by atoms with Crippen LogP contribution in [0.15, 0.2) is 32.8 Å². The van der Waals surface area contributed by atoms with Crippen LogP contribution in [0.2, 0.25) is 0 Å². The van der Waals surface area contributed by atoms with E-state index in [2.05, 4.69) is 14.7 Å². The smallest absolute Gasteiger partial charge is 0.243 e. The topological polar surface area (TPSA) is 103 Å². The maximum Gasteiger partial charge on any atom is 0.243 e. The summed E-state index contributed by atoms with van der Waals surface area (Å²) in [5.41, 5.74) is 1.54. The Morgan fingerprint density at radius 1 is 1.24 bits per heavy atom. The maximum absolute atomic E-state index is 13.0. The van der Waals surface area contributed by atoms with Crippen molar-refractivity contribution in [2.24, 2.45) is 0 Å². The zero-order chi connectivity index (χ0) is 20.6. The molecule has 0 aliphatic carbocycles. The Kier molecular flexibility index (Phi) is 5.65. The molecule has 0 radical (unpaired) electrons. The van der Waals surface area contributed by atoms with E-state index in [0.717, 1.165) is 10.7 Å². The molecule has 1 aromatic carbocycles. The van der Waals surface area contributed by atoms with E-state index >= 15 is 0 Å². The zero-order valence-corrected chi connectivity index (χ0v) is 18.2. The molecule has 29 heavy (non-hydrogen) atoms. The molecule has 0 unspecified atom stereocenters. The van der Waals surface area contributed by atoms with Crippen molar-refractivity contribution in [3.63, 3.8) is 0 Å². The molecule has 1 aliphatic rings. The van der Waals surface area contributed by atoms with E-state index in [-0.39, 0.29) is 10.1 Å². The van der Waals surface area contributed by atoms with Crippen LogP contribution in [0, 0.1) is 6.92 Å². The Bertz CT molecular complexity index is 1120. The van der Waals surface area contributed by atoms with Crippen LogP contribution in [0.3, 0.4) is 0 Å². The summed E-state index contributed by atoms with van der Waals surface area (Å²) in [7, 11) is -3.56. The van der Waals surface area contributed by atoms with Gasteiger partial charge in [-0.3, -0.25) is 0 Å². The summed E-state index contributed by atoms with van der Waals surface area (Å²) in [5, 5.41) is 4.55. The van der Waals surface area contributed by atoms with Gasteiger partial charge in [-0.15, -0.1) is 0 Å². The van der Waals surface area contributed by atoms with E-state index in [1.54, 1.807) is 19.1 Å². The van der Waals surface area contributed by atoms with Crippen LogP contribution >= 0.6 is 11.8 Å². The number of thioether (sulfide) groups is 1. The molecule has 3 heterocycles. The Labute approximate surface area is 173 Å². The van der Waals surface area contributed by atoms with Crippen LogP contribution in [0.5, 0.6) is 0 Å². The van der Waals surface area contributed by atoms with Gasteiger partial charge in [0.05, 0.1) is 34.4 Å². The lowest BCUT2D eigenvalue weighted by atomic mass is 10.3. The van der Waals surface area contributed by atoms with Gasteiger partial charge < -0.3 is 13.8 Å². The molecule has 1 saturated heterocycles. The van der Waals surface area contributed by atoms with Crippen molar-refractivity contribution < 1.29 is 17.7 Å². The summed E-state index contributed by atoms with van der Waals surface area (Å²) in [6, 6.07) is 5.13. The number of nitrogens with zero attached hydrogens (tertiary/aromatic N) is 5. The number of morpholine rings is 1. The number of aromatic nitrogens is 4. The number of hydrogen-bond donors (Lipinski definition) is 0. The summed E-state index contributed by atoms with van der Waals surface area (Å²) >= 11 is 1.51. The molecule has 0 bridgehead atoms. The molecule has 0 spiro atoms. The van der Waals surface area contributed by atoms with Crippen molar-refractivity contribution >= 4 is 32.8 Å². The van der Waals surface area contributed by atoms with Crippen LogP contribution in [0.25, 0.3) is 11.0 Å². The number of aryl methyl sites for hydroxylation is 2. The standard InChI is InChI=1S/C18H23N5O4S2/c1-4-23-16-6-5-14(29(24,25)22-7-9-26-10-8-22)11-15(16)20-18(23)28-12(2)17-19-13(3)21-27-17/h5-6,11-12H,4,7-10H2,1-3H3/t12-/m0/s1. The first-order valence-electron chi connectivity index (χ1n) is 9.45. The van der Waals surface area contributed by atoms with E-state index in [9.17, 15) is 8.42 Å². The lowest BCUT2D eigenvalue weighted by molar-refractivity contribution is 0.0730. The lowest BCUT2D eigenvalue weighted by Gasteiger charge is -2.26. The van der Waals surface area contributed by atoms with Crippen LogP contribution in [-0.4, -0.2) is 58.7 Å². The number of rotatable bonds is 6. The third-order valence-electron chi connectivity index (χ3n) is 4.78. The summed E-state index contributed by atoms with van der Waals surface area (Å²) in [5.74, 6) is 1.13. The molecule has 156 valence electrons. The number of ether oxygens (including phenoxy) is 1. The molecule has 11 heteroatoms. The highest BCUT2D eigenvalue weighted by Crippen LogP contribution is 2.35. The molecule has 0 saturated carbocycles. The van der Waals surface area contributed by atoms with Crippen LogP contribution in [0.1, 0.15) is 30.8 Å². The second kappa shape index (κ2) is 8.05. The van der Waals surface area contributed by atoms with Crippen molar-refractivity contribution in [1.29, 1.82) is 0 Å². The Morgan fingerprint density at radius 2 is 2.00 bits per heavy atom. The van der Waals surface area contributed by atoms with Crippen molar-refractivity contribution in [1.82, 2.24) is 24.0 Å². The molecule has 0 amide bonds. The molecular formula is C18H23N5O4S2. The molecule has 4 rings (SSSR count). The van der Waals surface area contributed by atoms with Crippen LogP contribution in [0.4, 0.5) is 0 Å². The second-order valence-corrected chi connectivity index (χ2v) is 9.99. The van der Waals surface area contributed by atoms with E-state index in [1.807, 2.05) is 19.9 Å². The molecular weight excluding hydrogens is 414 g/mol. The fourth-order valence-corrected chi connectivity index (χ4v) is 5.71. The predicted molar refractivity (Wildman–Crippen MR) is 108 cm³/mol. The number of sulfonamides is 1. The monoisotopic (exact) mass is 437 g/mol. The lowest BCUT2D eigenvalue weighted by Crippen LogP contribution is -2.40. The summed E-state index contributed by atoms with van der Waals surface area (Å²) in [6.45, 7) is 8.07. The van der Waals surface area contributed by atoms with Crippen molar-refractivity contribution in [2.75, 3.05) is 26.3 Å². The number of benzene rings is 1. The number of hydrogen-bond acceptors (Lipinski definition) is 8. The summed E-state index contributed by atoms with van der Waals surface area (Å²) in [6.07, 6.45) is 0. The maximum atomic E-state index is 13.0. The molecule has 1 atom stereocenters. The SMILES string of the molecule is CCn1c(S[C@@H](C)c2nc(C)no2)nc2cc(S(=O)(=O)N3CCOCC3)ccc21. The minimum absolute atomic E-state index is 0.0742. The van der Waals surface area contributed by atoms with E-state index in [1.165, 1.54) is 16.1 Å². The van der Waals surface area contributed by atoms with Crippen LogP contribution in [-0.2, 0) is 21.3 Å². The van der Waals surface area contributed by atoms with Gasteiger partial charge in [-0.2, -0.15) is 9.29 Å². The summed E-state index contributed by atoms with van der Waals surface area (Å²) < 4.78 is 40.0. The Morgan fingerprint density at radius 3 is 2.66 bits per heavy atom. The minimum Gasteiger partial charge on any atom is -0.379 e. The quantitative estimate of drug-likeness (QED) is 0.542. The molecule has 1 fully saturated rings. The van der Waals surface area contributed by atoms with E-state index < -0.39 is 10.0 Å². The third-order valence-corrected chi connectivity index (χ3v) is 7.75. The average Bonchev–Trinajstić information content (AvgIpc) is 3.30. The van der Waals surface area contributed by atoms with Gasteiger partial charge in [-0.05, 0) is 39.0 Å². The van der Waals surface area contributed by atoms with Crippen molar-refractivity contribution in [2.45, 2.75) is 42.6 Å². The minimum atomic E-state index is -3.56. The van der Waals surface area contributed by atoms with Crippen molar-refractivity contribution in [3.8, 4) is 0 Å². The first-order chi connectivity index (χ1) is 13.9. The Hall–Kier alpha value is -1.95. The normalized spacial score (nSPS) is 17.1. The van der Waals surface area contributed by atoms with Gasteiger partial charge in [-0.1, -0.05) is 16.9 Å². The molecule has 9 nitrogen and oxygen atoms in total. The number of fused-ring (bicyclic) bond motifs is 1. The summed E-state index contributed by atoms with van der Waals surface area (Å²) in [4.78, 5) is 9.24. The largest absolute Gasteiger partial charge is 0.379 e. The van der Waals surface area contributed by atoms with Crippen LogP contribution < -0.4 is 0 Å². The molecule has 3 aromatic rings. The highest BCUT2D eigenvalue weighted by atomic mass is 32.2. The first kappa shape index (κ1) is 20.3. The van der Waals surface area contributed by atoms with Gasteiger partial charge in [0, 0.05) is 19.6 Å². The fraction of sp³-hybridized carbons (Fsp3) is 0.500. The molecule has 2 aromatic heterocycles. The average molecular weight is 438 g/mol. The molecule has 0 N–H and O–H groups in total. The molecule has 1 aliphatic heterocycles. The van der Waals surface area contributed by atoms with Gasteiger partial charge in [0.25, 0.3) is 0 Å². The van der Waals surface area contributed by atoms with E-state index in [4.69, 9.17) is 14.2 Å². The highest BCUT2D eigenvalue weighted by Gasteiger charge is 2.27. The van der Waals surface area contributed by atoms with Gasteiger partial charge in [0.15, 0.2) is 11.0 Å². The second-order valence-electron chi connectivity index (χ2n) is 6.75. The highest BCUT2D eigenvalue weighted by molar-refractivity contribution is 7.99. The zero-order valence-electron chi connectivity index (χ0n) is 16.5. The number of imidazole rings is 1. The van der Waals surface area contributed by atoms with Gasteiger partial charge >= 0.3 is 0 Å². The van der Waals surface area contributed by atoms with Crippen molar-refractivity contribution in [3.05, 3.63) is 29.9 Å². The predicted octanol–water partition coefficient (Wildman–Crippen LogP) is 2.62. The van der Waals surface area contributed by atoms with Gasteiger partial charge in [0.1, 0.15) is 0 Å². The fourth-order valence-electron chi connectivity index (χ4n) is 3.27. The third kappa shape index (κ3) is 3.91. The van der Waals surface area contributed by atoms with E-state index in [0.29, 0.717) is 50.1 Å².